The minimum atomic E-state index is -0.161. The summed E-state index contributed by atoms with van der Waals surface area (Å²) < 4.78 is 16.6. The molecule has 0 aliphatic heterocycles. The summed E-state index contributed by atoms with van der Waals surface area (Å²) in [6, 6.07) is 26.3. The fourth-order valence-corrected chi connectivity index (χ4v) is 5.16. The average molecular weight is 580 g/mol. The summed E-state index contributed by atoms with van der Waals surface area (Å²) >= 11 is 0. The Labute approximate surface area is 251 Å². The van der Waals surface area contributed by atoms with E-state index >= 15 is 0 Å². The Hall–Kier alpha value is -4.82. The second kappa shape index (κ2) is 13.9. The SMILES string of the molecule is COc1ccc(CCN(C)CCCOc2ccc(NC(=O)Cc3cccc4c(=O)c5ccccc5[nH]c34)cc2)cc1OC. The highest BCUT2D eigenvalue weighted by Gasteiger charge is 2.12. The molecule has 5 rings (SSSR count). The molecule has 222 valence electrons. The zero-order valence-corrected chi connectivity index (χ0v) is 24.8. The molecule has 1 heterocycles. The first kappa shape index (κ1) is 29.7. The third kappa shape index (κ3) is 7.34. The van der Waals surface area contributed by atoms with Gasteiger partial charge in [0, 0.05) is 35.1 Å². The molecule has 0 bridgehead atoms. The normalized spacial score (nSPS) is 11.2. The Morgan fingerprint density at radius 1 is 0.860 bits per heavy atom. The first-order valence-electron chi connectivity index (χ1n) is 14.4. The van der Waals surface area contributed by atoms with Crippen molar-refractivity contribution >= 4 is 33.4 Å². The highest BCUT2D eigenvalue weighted by molar-refractivity contribution is 5.98. The molecule has 0 unspecified atom stereocenters. The highest BCUT2D eigenvalue weighted by atomic mass is 16.5. The quantitative estimate of drug-likeness (QED) is 0.135. The van der Waals surface area contributed by atoms with Crippen LogP contribution in [0, 0.1) is 0 Å². The van der Waals surface area contributed by atoms with Crippen LogP contribution in [0.5, 0.6) is 17.2 Å². The first-order valence-corrected chi connectivity index (χ1v) is 14.4. The number of pyridine rings is 1. The van der Waals surface area contributed by atoms with E-state index in [-0.39, 0.29) is 17.8 Å². The van der Waals surface area contributed by atoms with Gasteiger partial charge in [0.1, 0.15) is 5.75 Å². The number of aromatic amines is 1. The smallest absolute Gasteiger partial charge is 0.228 e. The predicted octanol–water partition coefficient (Wildman–Crippen LogP) is 5.82. The molecule has 8 nitrogen and oxygen atoms in total. The number of rotatable bonds is 13. The molecule has 0 spiro atoms. The molecule has 43 heavy (non-hydrogen) atoms. The summed E-state index contributed by atoms with van der Waals surface area (Å²) in [6.45, 7) is 2.44. The number of hydrogen-bond donors (Lipinski definition) is 2. The van der Waals surface area contributed by atoms with Crippen molar-refractivity contribution in [2.24, 2.45) is 0 Å². The molecule has 8 heteroatoms. The maximum atomic E-state index is 13.0. The van der Waals surface area contributed by atoms with E-state index in [2.05, 4.69) is 28.3 Å². The molecular formula is C35H37N3O5. The minimum absolute atomic E-state index is 0.0385. The number of carbonyl (C=O) groups is 1. The topological polar surface area (TPSA) is 92.9 Å². The number of fused-ring (bicyclic) bond motifs is 2. The fraction of sp³-hybridized carbons (Fsp3) is 0.257. The zero-order valence-electron chi connectivity index (χ0n) is 24.8. The van der Waals surface area contributed by atoms with Crippen LogP contribution in [0.15, 0.2) is 89.7 Å². The highest BCUT2D eigenvalue weighted by Crippen LogP contribution is 2.27. The van der Waals surface area contributed by atoms with Gasteiger partial charge < -0.3 is 29.4 Å². The van der Waals surface area contributed by atoms with E-state index in [9.17, 15) is 9.59 Å². The van der Waals surface area contributed by atoms with Crippen molar-refractivity contribution in [3.8, 4) is 17.2 Å². The Bertz CT molecular complexity index is 1760. The van der Waals surface area contributed by atoms with Crippen LogP contribution in [0.2, 0.25) is 0 Å². The van der Waals surface area contributed by atoms with E-state index in [4.69, 9.17) is 14.2 Å². The van der Waals surface area contributed by atoms with Gasteiger partial charge in [-0.2, -0.15) is 0 Å². The van der Waals surface area contributed by atoms with Crippen LogP contribution >= 0.6 is 0 Å². The molecule has 0 aliphatic rings. The third-order valence-electron chi connectivity index (χ3n) is 7.50. The summed E-state index contributed by atoms with van der Waals surface area (Å²) in [4.78, 5) is 31.5. The Morgan fingerprint density at radius 3 is 2.42 bits per heavy atom. The molecule has 1 aromatic heterocycles. The van der Waals surface area contributed by atoms with Crippen molar-refractivity contribution in [3.63, 3.8) is 0 Å². The van der Waals surface area contributed by atoms with Crippen LogP contribution in [0.3, 0.4) is 0 Å². The molecule has 0 fully saturated rings. The summed E-state index contributed by atoms with van der Waals surface area (Å²) in [7, 11) is 5.40. The molecule has 0 atom stereocenters. The maximum Gasteiger partial charge on any atom is 0.228 e. The van der Waals surface area contributed by atoms with Crippen LogP contribution in [-0.4, -0.2) is 56.8 Å². The van der Waals surface area contributed by atoms with Crippen molar-refractivity contribution in [1.82, 2.24) is 9.88 Å². The van der Waals surface area contributed by atoms with Crippen molar-refractivity contribution in [1.29, 1.82) is 0 Å². The van der Waals surface area contributed by atoms with E-state index in [1.54, 1.807) is 20.3 Å². The summed E-state index contributed by atoms with van der Waals surface area (Å²) in [5.74, 6) is 2.08. The van der Waals surface area contributed by atoms with Gasteiger partial charge in [0.25, 0.3) is 0 Å². The number of likely N-dealkylation sites (N-methyl/N-ethyl adjacent to an activating group) is 1. The fourth-order valence-electron chi connectivity index (χ4n) is 5.16. The van der Waals surface area contributed by atoms with Crippen molar-refractivity contribution < 1.29 is 19.0 Å². The summed E-state index contributed by atoms with van der Waals surface area (Å²) in [5.41, 5.74) is 4.07. The Balaban J connectivity index is 1.07. The predicted molar refractivity (Wildman–Crippen MR) is 172 cm³/mol. The van der Waals surface area contributed by atoms with Gasteiger partial charge in [-0.25, -0.2) is 0 Å². The van der Waals surface area contributed by atoms with E-state index in [0.717, 1.165) is 54.3 Å². The van der Waals surface area contributed by atoms with Gasteiger partial charge >= 0.3 is 0 Å². The standard InChI is InChI=1S/C35H37N3O5/c1-38(20-18-24-12-17-31(41-2)32(22-24)42-3)19-7-21-43-27-15-13-26(14-16-27)36-33(39)23-25-8-6-10-29-34(25)37-30-11-5-4-9-28(30)35(29)40/h4-6,8-17,22H,7,18-21,23H2,1-3H3,(H,36,39)(H,37,40). The number of amides is 1. The number of hydrogen-bond acceptors (Lipinski definition) is 6. The van der Waals surface area contributed by atoms with Crippen molar-refractivity contribution in [2.75, 3.05) is 46.3 Å². The van der Waals surface area contributed by atoms with Crippen molar-refractivity contribution in [2.45, 2.75) is 19.3 Å². The Kier molecular flexibility index (Phi) is 9.59. The number of ether oxygens (including phenoxy) is 3. The number of carbonyl (C=O) groups excluding carboxylic acids is 1. The third-order valence-corrected chi connectivity index (χ3v) is 7.50. The summed E-state index contributed by atoms with van der Waals surface area (Å²) in [6.07, 6.45) is 1.95. The van der Waals surface area contributed by atoms with E-state index in [0.29, 0.717) is 28.6 Å². The van der Waals surface area contributed by atoms with Gasteiger partial charge in [0.05, 0.1) is 32.8 Å². The molecule has 1 amide bonds. The molecule has 0 aliphatic carbocycles. The number of nitrogens with one attached hydrogen (secondary N) is 2. The lowest BCUT2D eigenvalue weighted by molar-refractivity contribution is -0.115. The number of aromatic nitrogens is 1. The van der Waals surface area contributed by atoms with Crippen LogP contribution in [0.1, 0.15) is 17.5 Å². The molecular weight excluding hydrogens is 542 g/mol. The summed E-state index contributed by atoms with van der Waals surface area (Å²) in [5, 5.41) is 4.16. The Morgan fingerprint density at radius 2 is 1.63 bits per heavy atom. The van der Waals surface area contributed by atoms with Crippen LogP contribution in [-0.2, 0) is 17.6 Å². The van der Waals surface area contributed by atoms with Crippen LogP contribution < -0.4 is 25.0 Å². The van der Waals surface area contributed by atoms with Gasteiger partial charge in [0.2, 0.25) is 5.91 Å². The lowest BCUT2D eigenvalue weighted by Gasteiger charge is -2.17. The molecule has 0 radical (unpaired) electrons. The van der Waals surface area contributed by atoms with Gasteiger partial charge in [0.15, 0.2) is 16.9 Å². The van der Waals surface area contributed by atoms with Gasteiger partial charge in [-0.3, -0.25) is 9.59 Å². The van der Waals surface area contributed by atoms with Gasteiger partial charge in [-0.1, -0.05) is 30.3 Å². The number of anilines is 1. The number of H-pyrrole nitrogens is 1. The number of methoxy groups -OCH3 is 2. The van der Waals surface area contributed by atoms with Crippen LogP contribution in [0.25, 0.3) is 21.8 Å². The second-order valence-electron chi connectivity index (χ2n) is 10.5. The van der Waals surface area contributed by atoms with Crippen LogP contribution in [0.4, 0.5) is 5.69 Å². The van der Waals surface area contributed by atoms with E-state index in [1.165, 1.54) is 5.56 Å². The van der Waals surface area contributed by atoms with E-state index < -0.39 is 0 Å². The lowest BCUT2D eigenvalue weighted by atomic mass is 10.0. The number of nitrogens with zero attached hydrogens (tertiary/aromatic N) is 1. The molecule has 4 aromatic carbocycles. The second-order valence-corrected chi connectivity index (χ2v) is 10.5. The van der Waals surface area contributed by atoms with Gasteiger partial charge in [-0.15, -0.1) is 0 Å². The average Bonchev–Trinajstić information content (AvgIpc) is 3.03. The molecule has 5 aromatic rings. The number of para-hydroxylation sites is 2. The largest absolute Gasteiger partial charge is 0.494 e. The minimum Gasteiger partial charge on any atom is -0.494 e. The molecule has 0 saturated carbocycles. The van der Waals surface area contributed by atoms with Crippen molar-refractivity contribution in [3.05, 3.63) is 106 Å². The lowest BCUT2D eigenvalue weighted by Crippen LogP contribution is -2.23. The maximum absolute atomic E-state index is 13.0. The molecule has 2 N–H and O–H groups in total. The van der Waals surface area contributed by atoms with E-state index in [1.807, 2.05) is 72.8 Å². The first-order chi connectivity index (χ1) is 20.9. The van der Waals surface area contributed by atoms with Gasteiger partial charge in [-0.05, 0) is 85.6 Å². The monoisotopic (exact) mass is 579 g/mol. The molecule has 0 saturated heterocycles. The zero-order chi connectivity index (χ0) is 30.2. The number of benzene rings is 4.